The molecule has 2 saturated heterocycles. The van der Waals surface area contributed by atoms with E-state index in [4.69, 9.17) is 0 Å². The first kappa shape index (κ1) is 14.6. The fraction of sp³-hybridized carbons (Fsp3) is 0.412. The number of para-hydroxylation sites is 1. The Balaban J connectivity index is 1.62. The minimum Gasteiger partial charge on any atom is -0.357 e. The van der Waals surface area contributed by atoms with E-state index in [-0.39, 0.29) is 23.2 Å². The number of hydrogen-bond donors (Lipinski definition) is 2. The first-order valence-electron chi connectivity index (χ1n) is 8.04. The summed E-state index contributed by atoms with van der Waals surface area (Å²) in [4.78, 5) is 29.6. The van der Waals surface area contributed by atoms with Gasteiger partial charge >= 0.3 is 0 Å². The second kappa shape index (κ2) is 5.92. The summed E-state index contributed by atoms with van der Waals surface area (Å²) >= 11 is 1.19. The lowest BCUT2D eigenvalue weighted by Gasteiger charge is -2.36. The molecule has 2 aromatic rings. The highest BCUT2D eigenvalue weighted by molar-refractivity contribution is 8.14. The van der Waals surface area contributed by atoms with Crippen molar-refractivity contribution in [3.8, 4) is 0 Å². The topological polar surface area (TPSA) is 65.2 Å². The molecular weight excluding hydrogens is 310 g/mol. The van der Waals surface area contributed by atoms with Crippen molar-refractivity contribution in [3.05, 3.63) is 36.0 Å². The molecule has 3 heterocycles. The number of amides is 2. The number of hydrogen-bond acceptors (Lipinski definition) is 3. The molecule has 5 nitrogen and oxygen atoms in total. The molecule has 0 radical (unpaired) electrons. The Morgan fingerprint density at radius 2 is 2.13 bits per heavy atom. The van der Waals surface area contributed by atoms with Gasteiger partial charge in [-0.1, -0.05) is 30.0 Å². The van der Waals surface area contributed by atoms with Gasteiger partial charge in [0.1, 0.15) is 6.04 Å². The molecule has 0 bridgehead atoms. The lowest BCUT2D eigenvalue weighted by Crippen LogP contribution is -2.48. The summed E-state index contributed by atoms with van der Waals surface area (Å²) < 4.78 is 0. The molecule has 2 aliphatic rings. The molecule has 0 saturated carbocycles. The van der Waals surface area contributed by atoms with Crippen LogP contribution in [0.1, 0.15) is 31.0 Å². The number of H-pyrrole nitrogens is 1. The highest BCUT2D eigenvalue weighted by Crippen LogP contribution is 2.33. The molecule has 2 atom stereocenters. The van der Waals surface area contributed by atoms with Gasteiger partial charge in [0.15, 0.2) is 0 Å². The molecule has 6 heteroatoms. The van der Waals surface area contributed by atoms with Crippen LogP contribution in [0.2, 0.25) is 0 Å². The Morgan fingerprint density at radius 1 is 1.26 bits per heavy atom. The van der Waals surface area contributed by atoms with Gasteiger partial charge in [-0.3, -0.25) is 9.59 Å². The van der Waals surface area contributed by atoms with Crippen molar-refractivity contribution in [3.63, 3.8) is 0 Å². The summed E-state index contributed by atoms with van der Waals surface area (Å²) in [6, 6.07) is 10.0. The van der Waals surface area contributed by atoms with Crippen LogP contribution in [0.5, 0.6) is 0 Å². The number of aromatic nitrogens is 1. The smallest absolute Gasteiger partial charge is 0.279 e. The number of carbonyl (C=O) groups excluding carboxylic acids is 2. The van der Waals surface area contributed by atoms with Crippen molar-refractivity contribution in [2.24, 2.45) is 0 Å². The molecule has 2 unspecified atom stereocenters. The van der Waals surface area contributed by atoms with Crippen molar-refractivity contribution < 1.29 is 9.59 Å². The Hall–Kier alpha value is -1.95. The maximum absolute atomic E-state index is 12.8. The second-order valence-corrected chi connectivity index (χ2v) is 7.14. The average Bonchev–Trinajstić information content (AvgIpc) is 3.20. The summed E-state index contributed by atoms with van der Waals surface area (Å²) in [6.07, 6.45) is 3.11. The lowest BCUT2D eigenvalue weighted by atomic mass is 9.98. The van der Waals surface area contributed by atoms with Gasteiger partial charge in [0.2, 0.25) is 5.91 Å². The third-order valence-corrected chi connectivity index (χ3v) is 5.55. The number of aromatic amines is 1. The number of fused-ring (bicyclic) bond motifs is 1. The largest absolute Gasteiger partial charge is 0.357 e. The van der Waals surface area contributed by atoms with E-state index in [1.165, 1.54) is 17.1 Å². The molecule has 2 amide bonds. The zero-order valence-corrected chi connectivity index (χ0v) is 13.6. The number of piperidine rings is 1. The number of nitrogens with one attached hydrogen (secondary N) is 2. The van der Waals surface area contributed by atoms with Gasteiger partial charge in [-0.2, -0.15) is 0 Å². The van der Waals surface area contributed by atoms with Crippen molar-refractivity contribution >= 4 is 33.8 Å². The summed E-state index contributed by atoms with van der Waals surface area (Å²) in [5.41, 5.74) is 2.20. The van der Waals surface area contributed by atoms with Crippen LogP contribution in [-0.2, 0) is 4.79 Å². The first-order chi connectivity index (χ1) is 11.2. The van der Waals surface area contributed by atoms with Crippen molar-refractivity contribution in [2.45, 2.75) is 31.3 Å². The van der Waals surface area contributed by atoms with Gasteiger partial charge in [0.05, 0.1) is 6.04 Å². The number of nitrogens with zero attached hydrogens (tertiary/aromatic N) is 1. The van der Waals surface area contributed by atoms with Crippen LogP contribution >= 0.6 is 11.8 Å². The van der Waals surface area contributed by atoms with E-state index in [0.717, 1.165) is 37.0 Å². The molecule has 23 heavy (non-hydrogen) atoms. The van der Waals surface area contributed by atoms with E-state index in [2.05, 4.69) is 28.5 Å². The molecule has 1 aromatic heterocycles. The van der Waals surface area contributed by atoms with Crippen molar-refractivity contribution in [1.82, 2.24) is 15.2 Å². The Morgan fingerprint density at radius 3 is 2.91 bits per heavy atom. The van der Waals surface area contributed by atoms with Gasteiger partial charge in [-0.15, -0.1) is 0 Å². The van der Waals surface area contributed by atoms with Crippen molar-refractivity contribution in [1.29, 1.82) is 0 Å². The molecular formula is C17H19N3O2S. The summed E-state index contributed by atoms with van der Waals surface area (Å²) in [5, 5.41) is 3.85. The van der Waals surface area contributed by atoms with Crippen LogP contribution in [0.15, 0.2) is 30.3 Å². The number of likely N-dealkylation sites (tertiary alicyclic amines) is 1. The van der Waals surface area contributed by atoms with Crippen LogP contribution in [-0.4, -0.2) is 39.4 Å². The maximum atomic E-state index is 12.8. The first-order valence-corrected chi connectivity index (χ1v) is 9.02. The molecule has 120 valence electrons. The van der Waals surface area contributed by atoms with Crippen LogP contribution < -0.4 is 5.32 Å². The van der Waals surface area contributed by atoms with E-state index in [9.17, 15) is 9.59 Å². The fourth-order valence-electron chi connectivity index (χ4n) is 3.51. The summed E-state index contributed by atoms with van der Waals surface area (Å²) in [5.74, 6) is 0.583. The van der Waals surface area contributed by atoms with E-state index < -0.39 is 0 Å². The highest BCUT2D eigenvalue weighted by atomic mass is 32.2. The van der Waals surface area contributed by atoms with Crippen molar-refractivity contribution in [2.75, 3.05) is 12.3 Å². The Bertz CT molecular complexity index is 724. The van der Waals surface area contributed by atoms with Gasteiger partial charge in [0, 0.05) is 23.5 Å². The minimum absolute atomic E-state index is 0.0479. The second-order valence-electron chi connectivity index (χ2n) is 6.15. The van der Waals surface area contributed by atoms with Gasteiger partial charge in [-0.25, -0.2) is 0 Å². The van der Waals surface area contributed by atoms with Gasteiger partial charge in [0.25, 0.3) is 5.24 Å². The number of carbonyl (C=O) groups is 2. The highest BCUT2D eigenvalue weighted by Gasteiger charge is 2.36. The molecule has 1 aromatic carbocycles. The standard InChI is InChI=1S/C17H19N3O2S/c21-16(14-10-23-17(22)19-14)20-8-4-3-7-15(20)13-9-11-5-1-2-6-12(11)18-13/h1-2,5-6,9,14-15,18H,3-4,7-8,10H2,(H,19,22). The Kier molecular flexibility index (Phi) is 3.77. The summed E-state index contributed by atoms with van der Waals surface area (Å²) in [7, 11) is 0. The van der Waals surface area contributed by atoms with Crippen LogP contribution in [0.3, 0.4) is 0 Å². The number of rotatable bonds is 2. The molecule has 2 fully saturated rings. The molecule has 2 aliphatic heterocycles. The van der Waals surface area contributed by atoms with Crippen LogP contribution in [0, 0.1) is 0 Å². The normalized spacial score (nSPS) is 24.9. The monoisotopic (exact) mass is 329 g/mol. The fourth-order valence-corrected chi connectivity index (χ4v) is 4.28. The molecule has 4 rings (SSSR count). The lowest BCUT2D eigenvalue weighted by molar-refractivity contribution is -0.136. The number of thioether (sulfide) groups is 1. The number of benzene rings is 1. The van der Waals surface area contributed by atoms with Crippen LogP contribution in [0.4, 0.5) is 4.79 Å². The Labute approximate surface area is 138 Å². The van der Waals surface area contributed by atoms with E-state index >= 15 is 0 Å². The zero-order valence-electron chi connectivity index (χ0n) is 12.7. The summed E-state index contributed by atoms with van der Waals surface area (Å²) in [6.45, 7) is 0.760. The van der Waals surface area contributed by atoms with E-state index in [1.807, 2.05) is 17.0 Å². The van der Waals surface area contributed by atoms with E-state index in [0.29, 0.717) is 5.75 Å². The quantitative estimate of drug-likeness (QED) is 0.890. The zero-order chi connectivity index (χ0) is 15.8. The molecule has 0 aliphatic carbocycles. The predicted octanol–water partition coefficient (Wildman–Crippen LogP) is 3.05. The minimum atomic E-state index is -0.377. The predicted molar refractivity (Wildman–Crippen MR) is 91.4 cm³/mol. The average molecular weight is 329 g/mol. The van der Waals surface area contributed by atoms with E-state index in [1.54, 1.807) is 0 Å². The van der Waals surface area contributed by atoms with Gasteiger partial charge in [-0.05, 0) is 36.8 Å². The SMILES string of the molecule is O=C1NC(C(=O)N2CCCCC2c2cc3ccccc3[nH]2)CS1. The maximum Gasteiger partial charge on any atom is 0.279 e. The third-order valence-electron chi connectivity index (χ3n) is 4.67. The van der Waals surface area contributed by atoms with Crippen LogP contribution in [0.25, 0.3) is 10.9 Å². The third kappa shape index (κ3) is 2.72. The molecule has 0 spiro atoms. The van der Waals surface area contributed by atoms with Gasteiger partial charge < -0.3 is 15.2 Å². The molecule has 2 N–H and O–H groups in total.